The lowest BCUT2D eigenvalue weighted by molar-refractivity contribution is -0.233. The average Bonchev–Trinajstić information content (AvgIpc) is 2.45. The first kappa shape index (κ1) is 13.6. The summed E-state index contributed by atoms with van der Waals surface area (Å²) in [6.07, 6.45) is 2.68. The molecule has 1 aliphatic rings. The Labute approximate surface area is 112 Å². The molecule has 0 saturated heterocycles. The molecule has 19 heavy (non-hydrogen) atoms. The first-order valence-corrected chi connectivity index (χ1v) is 6.29. The van der Waals surface area contributed by atoms with E-state index in [1.165, 1.54) is 4.90 Å². The molecular formula is C14H17NO4. The van der Waals surface area contributed by atoms with E-state index in [-0.39, 0.29) is 0 Å². The van der Waals surface area contributed by atoms with E-state index >= 15 is 0 Å². The number of hydrogen-bond donors (Lipinski definition) is 0. The van der Waals surface area contributed by atoms with Gasteiger partial charge in [0.15, 0.2) is 6.23 Å². The molecule has 1 aromatic rings. The molecule has 5 heteroatoms. The zero-order valence-electron chi connectivity index (χ0n) is 11.0. The minimum absolute atomic E-state index is 0.302. The molecule has 0 bridgehead atoms. The van der Waals surface area contributed by atoms with E-state index in [4.69, 9.17) is 14.5 Å². The van der Waals surface area contributed by atoms with Crippen molar-refractivity contribution in [3.05, 3.63) is 35.9 Å². The van der Waals surface area contributed by atoms with E-state index in [9.17, 15) is 4.79 Å². The molecule has 0 radical (unpaired) electrons. The highest BCUT2D eigenvalue weighted by molar-refractivity contribution is 5.92. The van der Waals surface area contributed by atoms with Crippen LogP contribution in [0.15, 0.2) is 30.3 Å². The minimum Gasteiger partial charge on any atom is -0.354 e. The maximum absolute atomic E-state index is 12.1. The smallest absolute Gasteiger partial charge is 0.354 e. The van der Waals surface area contributed by atoms with E-state index in [1.54, 1.807) is 6.92 Å². The van der Waals surface area contributed by atoms with E-state index in [0.29, 0.717) is 13.2 Å². The van der Waals surface area contributed by atoms with Crippen LogP contribution in [-0.2, 0) is 14.5 Å². The van der Waals surface area contributed by atoms with Gasteiger partial charge in [0.25, 0.3) is 0 Å². The molecule has 1 atom stereocenters. The fourth-order valence-corrected chi connectivity index (χ4v) is 1.91. The summed E-state index contributed by atoms with van der Waals surface area (Å²) in [7, 11) is 0. The molecule has 0 N–H and O–H groups in total. The number of ether oxygens (including phenoxy) is 1. The number of benzene rings is 1. The van der Waals surface area contributed by atoms with E-state index in [0.717, 1.165) is 11.3 Å². The molecule has 0 fully saturated rings. The van der Waals surface area contributed by atoms with Crippen molar-refractivity contribution in [2.24, 2.45) is 0 Å². The summed E-state index contributed by atoms with van der Waals surface area (Å²) >= 11 is 0. The predicted molar refractivity (Wildman–Crippen MR) is 71.5 cm³/mol. The van der Waals surface area contributed by atoms with Crippen LogP contribution in [0.2, 0.25) is 0 Å². The number of carbonyl (C=O) groups excluding carboxylic acids is 1. The quantitative estimate of drug-likeness (QED) is 0.619. The maximum atomic E-state index is 12.1. The van der Waals surface area contributed by atoms with E-state index in [2.05, 4.69) is 0 Å². The lowest BCUT2D eigenvalue weighted by atomic mass is 10.1. The molecule has 1 aromatic carbocycles. The summed E-state index contributed by atoms with van der Waals surface area (Å²) in [6.45, 7) is 4.42. The zero-order chi connectivity index (χ0) is 13.7. The van der Waals surface area contributed by atoms with Gasteiger partial charge in [-0.25, -0.2) is 9.69 Å². The lowest BCUT2D eigenvalue weighted by Crippen LogP contribution is -2.43. The molecule has 1 unspecified atom stereocenters. The Hall–Kier alpha value is -1.85. The third-order valence-electron chi connectivity index (χ3n) is 2.67. The number of amides is 1. The van der Waals surface area contributed by atoms with Crippen LogP contribution in [0, 0.1) is 0 Å². The summed E-state index contributed by atoms with van der Waals surface area (Å²) in [4.78, 5) is 23.0. The van der Waals surface area contributed by atoms with Crippen molar-refractivity contribution in [1.29, 1.82) is 0 Å². The Morgan fingerprint density at radius 3 is 2.79 bits per heavy atom. The third-order valence-corrected chi connectivity index (χ3v) is 2.67. The Morgan fingerprint density at radius 1 is 1.26 bits per heavy atom. The average molecular weight is 263 g/mol. The Bertz CT molecular complexity index is 472. The van der Waals surface area contributed by atoms with Gasteiger partial charge >= 0.3 is 6.09 Å². The largest absolute Gasteiger partial charge is 0.448 e. The second kappa shape index (κ2) is 6.36. The monoisotopic (exact) mass is 263 g/mol. The Morgan fingerprint density at radius 2 is 2.05 bits per heavy atom. The third kappa shape index (κ3) is 2.94. The van der Waals surface area contributed by atoms with Gasteiger partial charge in [-0.2, -0.15) is 4.89 Å². The summed E-state index contributed by atoms with van der Waals surface area (Å²) in [5.74, 6) is 0. The highest BCUT2D eigenvalue weighted by Gasteiger charge is 2.30. The number of nitrogens with zero attached hydrogens (tertiary/aromatic N) is 1. The van der Waals surface area contributed by atoms with Crippen LogP contribution >= 0.6 is 0 Å². The molecular weight excluding hydrogens is 246 g/mol. The zero-order valence-corrected chi connectivity index (χ0v) is 11.0. The second-order valence-electron chi connectivity index (χ2n) is 3.89. The van der Waals surface area contributed by atoms with E-state index in [1.807, 2.05) is 43.3 Å². The van der Waals surface area contributed by atoms with Crippen LogP contribution in [0.1, 0.15) is 19.4 Å². The minimum atomic E-state index is -0.586. The molecule has 2 rings (SSSR count). The number of hydrogen-bond acceptors (Lipinski definition) is 4. The maximum Gasteiger partial charge on any atom is 0.448 e. The van der Waals surface area contributed by atoms with Crippen molar-refractivity contribution in [2.45, 2.75) is 20.1 Å². The Kier molecular flexibility index (Phi) is 4.54. The fourth-order valence-electron chi connectivity index (χ4n) is 1.91. The van der Waals surface area contributed by atoms with Crippen molar-refractivity contribution >= 4 is 17.9 Å². The van der Waals surface area contributed by atoms with Crippen molar-refractivity contribution in [3.8, 4) is 0 Å². The van der Waals surface area contributed by atoms with Crippen LogP contribution in [0.25, 0.3) is 6.08 Å². The molecule has 0 aliphatic carbocycles. The predicted octanol–water partition coefficient (Wildman–Crippen LogP) is 2.97. The SMILES string of the molecule is CCOOC(=O)N1c2ccccc2C=CC1OCC. The summed E-state index contributed by atoms with van der Waals surface area (Å²) in [6, 6.07) is 7.55. The van der Waals surface area contributed by atoms with Gasteiger partial charge in [0.2, 0.25) is 0 Å². The molecule has 102 valence electrons. The van der Waals surface area contributed by atoms with Gasteiger partial charge in [0.05, 0.1) is 12.3 Å². The van der Waals surface area contributed by atoms with Crippen LogP contribution in [-0.4, -0.2) is 25.5 Å². The molecule has 1 amide bonds. The number of rotatable bonds is 4. The van der Waals surface area contributed by atoms with Gasteiger partial charge in [-0.3, -0.25) is 4.89 Å². The van der Waals surface area contributed by atoms with Crippen molar-refractivity contribution in [1.82, 2.24) is 0 Å². The normalized spacial score (nSPS) is 17.2. The topological polar surface area (TPSA) is 48.0 Å². The van der Waals surface area contributed by atoms with Crippen LogP contribution in [0.5, 0.6) is 0 Å². The second-order valence-corrected chi connectivity index (χ2v) is 3.89. The number of anilines is 1. The standard InChI is InChI=1S/C14H17NO4/c1-3-17-13-10-9-11-7-5-6-8-12(11)15(13)14(16)19-18-4-2/h5-10,13H,3-4H2,1-2H3. The summed E-state index contributed by atoms with van der Waals surface area (Å²) < 4.78 is 5.54. The highest BCUT2D eigenvalue weighted by Crippen LogP contribution is 2.29. The van der Waals surface area contributed by atoms with Gasteiger partial charge in [-0.1, -0.05) is 24.3 Å². The summed E-state index contributed by atoms with van der Waals surface area (Å²) in [5, 5.41) is 0. The van der Waals surface area contributed by atoms with Gasteiger partial charge in [-0.15, -0.1) is 0 Å². The van der Waals surface area contributed by atoms with Gasteiger partial charge < -0.3 is 4.74 Å². The lowest BCUT2D eigenvalue weighted by Gasteiger charge is -2.31. The van der Waals surface area contributed by atoms with Crippen molar-refractivity contribution in [2.75, 3.05) is 18.1 Å². The molecule has 0 aromatic heterocycles. The first-order valence-electron chi connectivity index (χ1n) is 6.29. The van der Waals surface area contributed by atoms with Gasteiger partial charge in [-0.05, 0) is 31.6 Å². The van der Waals surface area contributed by atoms with E-state index < -0.39 is 12.3 Å². The van der Waals surface area contributed by atoms with Crippen LogP contribution in [0.3, 0.4) is 0 Å². The first-order chi connectivity index (χ1) is 9.27. The van der Waals surface area contributed by atoms with Crippen molar-refractivity contribution < 1.29 is 19.3 Å². The van der Waals surface area contributed by atoms with Gasteiger partial charge in [0.1, 0.15) is 0 Å². The number of para-hydroxylation sites is 1. The molecule has 0 spiro atoms. The summed E-state index contributed by atoms with van der Waals surface area (Å²) in [5.41, 5.74) is 1.68. The molecule has 0 saturated carbocycles. The van der Waals surface area contributed by atoms with Gasteiger partial charge in [0, 0.05) is 6.61 Å². The number of fused-ring (bicyclic) bond motifs is 1. The molecule has 1 aliphatic heterocycles. The Balaban J connectivity index is 2.28. The number of carbonyl (C=O) groups is 1. The molecule has 1 heterocycles. The van der Waals surface area contributed by atoms with Crippen molar-refractivity contribution in [3.63, 3.8) is 0 Å². The fraction of sp³-hybridized carbons (Fsp3) is 0.357. The van der Waals surface area contributed by atoms with Crippen LogP contribution < -0.4 is 4.90 Å². The highest BCUT2D eigenvalue weighted by atomic mass is 17.2. The van der Waals surface area contributed by atoms with Crippen LogP contribution in [0.4, 0.5) is 10.5 Å². The molecule has 5 nitrogen and oxygen atoms in total.